The van der Waals surface area contributed by atoms with E-state index in [0.29, 0.717) is 9.37 Å². The number of nitriles is 1. The fourth-order valence-corrected chi connectivity index (χ4v) is 3.39. The van der Waals surface area contributed by atoms with Crippen LogP contribution in [0.3, 0.4) is 0 Å². The lowest BCUT2D eigenvalue weighted by Crippen LogP contribution is -2.02. The van der Waals surface area contributed by atoms with Crippen LogP contribution < -0.4 is 0 Å². The Morgan fingerprint density at radius 3 is 3.00 bits per heavy atom. The Kier molecular flexibility index (Phi) is 3.85. The second-order valence-corrected chi connectivity index (χ2v) is 6.90. The van der Waals surface area contributed by atoms with Gasteiger partial charge in [-0.3, -0.25) is 0 Å². The average molecular weight is 262 g/mol. The SMILES string of the molecule is C=C(C)S(=O)(Cc1cnc(Cl)s1)=NC#N. The molecule has 1 aromatic rings. The van der Waals surface area contributed by atoms with Crippen LogP contribution >= 0.6 is 22.9 Å². The Labute approximate surface area is 97.4 Å². The van der Waals surface area contributed by atoms with Crippen molar-refractivity contribution in [3.8, 4) is 6.19 Å². The first-order valence-corrected chi connectivity index (χ1v) is 6.74. The van der Waals surface area contributed by atoms with Gasteiger partial charge in [0.15, 0.2) is 4.47 Å². The molecular weight excluding hydrogens is 254 g/mol. The predicted molar refractivity (Wildman–Crippen MR) is 61.8 cm³/mol. The van der Waals surface area contributed by atoms with Gasteiger partial charge in [-0.05, 0) is 6.92 Å². The molecule has 0 N–H and O–H groups in total. The molecule has 7 heteroatoms. The van der Waals surface area contributed by atoms with E-state index in [-0.39, 0.29) is 5.75 Å². The van der Waals surface area contributed by atoms with Gasteiger partial charge >= 0.3 is 0 Å². The normalized spacial score (nSPS) is 13.9. The van der Waals surface area contributed by atoms with Crippen LogP contribution in [0.25, 0.3) is 0 Å². The van der Waals surface area contributed by atoms with Gasteiger partial charge < -0.3 is 0 Å². The summed E-state index contributed by atoms with van der Waals surface area (Å²) in [4.78, 5) is 4.94. The molecule has 0 spiro atoms. The number of nitrogens with zero attached hydrogens (tertiary/aromatic N) is 3. The highest BCUT2D eigenvalue weighted by molar-refractivity contribution is 7.96. The van der Waals surface area contributed by atoms with Crippen molar-refractivity contribution < 1.29 is 4.21 Å². The van der Waals surface area contributed by atoms with Crippen LogP contribution in [0.5, 0.6) is 0 Å². The maximum Gasteiger partial charge on any atom is 0.214 e. The van der Waals surface area contributed by atoms with Gasteiger partial charge in [0.1, 0.15) is 0 Å². The van der Waals surface area contributed by atoms with Crippen molar-refractivity contribution in [1.82, 2.24) is 4.98 Å². The van der Waals surface area contributed by atoms with Gasteiger partial charge in [-0.1, -0.05) is 18.2 Å². The van der Waals surface area contributed by atoms with Crippen LogP contribution in [0, 0.1) is 11.5 Å². The van der Waals surface area contributed by atoms with Crippen molar-refractivity contribution in [1.29, 1.82) is 5.26 Å². The van der Waals surface area contributed by atoms with E-state index in [9.17, 15) is 4.21 Å². The molecule has 1 atom stereocenters. The molecule has 0 saturated heterocycles. The maximum atomic E-state index is 12.1. The molecule has 0 saturated carbocycles. The van der Waals surface area contributed by atoms with E-state index in [4.69, 9.17) is 16.9 Å². The molecule has 1 heterocycles. The molecule has 1 rings (SSSR count). The summed E-state index contributed by atoms with van der Waals surface area (Å²) in [6.07, 6.45) is 3.09. The monoisotopic (exact) mass is 261 g/mol. The zero-order chi connectivity index (χ0) is 11.5. The lowest BCUT2D eigenvalue weighted by molar-refractivity contribution is 0.680. The summed E-state index contributed by atoms with van der Waals surface area (Å²) in [6.45, 7) is 5.17. The van der Waals surface area contributed by atoms with Crippen LogP contribution in [-0.2, 0) is 15.5 Å². The lowest BCUT2D eigenvalue weighted by Gasteiger charge is -2.04. The van der Waals surface area contributed by atoms with Crippen molar-refractivity contribution in [2.45, 2.75) is 12.7 Å². The summed E-state index contributed by atoms with van der Waals surface area (Å²) in [5.74, 6) is 0.139. The maximum absolute atomic E-state index is 12.1. The molecule has 0 aromatic carbocycles. The Morgan fingerprint density at radius 1 is 1.93 bits per heavy atom. The largest absolute Gasteiger partial charge is 0.244 e. The van der Waals surface area contributed by atoms with Crippen LogP contribution in [0.4, 0.5) is 0 Å². The molecule has 4 nitrogen and oxygen atoms in total. The lowest BCUT2D eigenvalue weighted by atomic mass is 10.6. The molecule has 0 radical (unpaired) electrons. The smallest absolute Gasteiger partial charge is 0.214 e. The second-order valence-electron chi connectivity index (χ2n) is 2.76. The molecule has 0 aliphatic carbocycles. The minimum absolute atomic E-state index is 0.139. The summed E-state index contributed by atoms with van der Waals surface area (Å²) in [5.41, 5.74) is 0. The number of thiazole rings is 1. The molecule has 0 fully saturated rings. The van der Waals surface area contributed by atoms with Gasteiger partial charge in [0.05, 0.1) is 15.5 Å². The first kappa shape index (κ1) is 12.2. The summed E-state index contributed by atoms with van der Waals surface area (Å²) < 4.78 is 15.9. The van der Waals surface area contributed by atoms with E-state index in [1.54, 1.807) is 13.1 Å². The molecule has 0 aliphatic rings. The zero-order valence-electron chi connectivity index (χ0n) is 7.94. The fourth-order valence-electron chi connectivity index (χ4n) is 0.843. The average Bonchev–Trinajstić information content (AvgIpc) is 2.51. The van der Waals surface area contributed by atoms with Crippen molar-refractivity contribution in [3.63, 3.8) is 0 Å². The van der Waals surface area contributed by atoms with Crippen molar-refractivity contribution in [2.75, 3.05) is 0 Å². The first-order chi connectivity index (χ1) is 6.98. The minimum Gasteiger partial charge on any atom is -0.244 e. The number of rotatable bonds is 3. The van der Waals surface area contributed by atoms with E-state index in [1.807, 2.05) is 0 Å². The molecule has 0 amide bonds. The van der Waals surface area contributed by atoms with E-state index in [2.05, 4.69) is 15.9 Å². The molecular formula is C8H8ClN3OS2. The Bertz CT molecular complexity index is 534. The van der Waals surface area contributed by atoms with Crippen LogP contribution in [0.2, 0.25) is 4.47 Å². The van der Waals surface area contributed by atoms with Gasteiger partial charge in [-0.15, -0.1) is 15.7 Å². The first-order valence-electron chi connectivity index (χ1n) is 3.86. The van der Waals surface area contributed by atoms with Gasteiger partial charge in [-0.2, -0.15) is 5.26 Å². The van der Waals surface area contributed by atoms with Crippen molar-refractivity contribution >= 4 is 32.7 Å². The third-order valence-corrected chi connectivity index (χ3v) is 5.06. The Morgan fingerprint density at radius 2 is 2.60 bits per heavy atom. The number of halogens is 1. The van der Waals surface area contributed by atoms with Gasteiger partial charge in [0.2, 0.25) is 6.19 Å². The predicted octanol–water partition coefficient (Wildman–Crippen LogP) is 2.78. The minimum atomic E-state index is -2.71. The number of hydrogen-bond acceptors (Lipinski definition) is 5. The molecule has 1 aromatic heterocycles. The number of aromatic nitrogens is 1. The van der Waals surface area contributed by atoms with E-state index >= 15 is 0 Å². The van der Waals surface area contributed by atoms with Crippen LogP contribution in [0.15, 0.2) is 22.0 Å². The highest BCUT2D eigenvalue weighted by atomic mass is 35.5. The molecule has 0 bridgehead atoms. The van der Waals surface area contributed by atoms with Crippen molar-refractivity contribution in [3.05, 3.63) is 27.0 Å². The summed E-state index contributed by atoms with van der Waals surface area (Å²) in [6, 6.07) is 0. The van der Waals surface area contributed by atoms with Gasteiger partial charge in [0.25, 0.3) is 0 Å². The Hall–Kier alpha value is -0.900. The Balaban J connectivity index is 3.08. The van der Waals surface area contributed by atoms with Gasteiger partial charge in [-0.25, -0.2) is 9.19 Å². The zero-order valence-corrected chi connectivity index (χ0v) is 10.3. The second kappa shape index (κ2) is 4.75. The fraction of sp³-hybridized carbons (Fsp3) is 0.250. The molecule has 0 aliphatic heterocycles. The van der Waals surface area contributed by atoms with E-state index in [0.717, 1.165) is 4.88 Å². The van der Waals surface area contributed by atoms with Crippen molar-refractivity contribution in [2.24, 2.45) is 4.36 Å². The van der Waals surface area contributed by atoms with E-state index in [1.165, 1.54) is 17.5 Å². The molecule has 1 unspecified atom stereocenters. The van der Waals surface area contributed by atoms with E-state index < -0.39 is 9.73 Å². The summed E-state index contributed by atoms with van der Waals surface area (Å²) in [7, 11) is -2.71. The topological polar surface area (TPSA) is 66.1 Å². The highest BCUT2D eigenvalue weighted by Crippen LogP contribution is 2.23. The standard InChI is InChI=1S/C8H8ClN3OS2/c1-6(2)15(13,12-5-10)4-7-3-11-8(9)14-7/h3H,1,4H2,2H3. The molecule has 15 heavy (non-hydrogen) atoms. The highest BCUT2D eigenvalue weighted by Gasteiger charge is 2.13. The number of hydrogen-bond donors (Lipinski definition) is 0. The summed E-state index contributed by atoms with van der Waals surface area (Å²) >= 11 is 6.86. The third-order valence-electron chi connectivity index (χ3n) is 1.60. The van der Waals surface area contributed by atoms with Crippen LogP contribution in [0.1, 0.15) is 11.8 Å². The summed E-state index contributed by atoms with van der Waals surface area (Å²) in [5, 5.41) is 8.46. The number of allylic oxidation sites excluding steroid dienone is 1. The van der Waals surface area contributed by atoms with Gasteiger partial charge in [0, 0.05) is 16.0 Å². The quantitative estimate of drug-likeness (QED) is 0.786. The third kappa shape index (κ3) is 3.02. The molecule has 80 valence electrons. The van der Waals surface area contributed by atoms with Crippen LogP contribution in [-0.4, -0.2) is 9.19 Å².